The molecule has 262 valence electrons. The van der Waals surface area contributed by atoms with Crippen LogP contribution in [0.4, 0.5) is 11.4 Å². The normalized spacial score (nSPS) is 15.9. The summed E-state index contributed by atoms with van der Waals surface area (Å²) in [4.78, 5) is 25.5. The number of rotatable bonds is 0. The third kappa shape index (κ3) is 11.8. The van der Waals surface area contributed by atoms with Gasteiger partial charge in [0.1, 0.15) is 37.9 Å². The summed E-state index contributed by atoms with van der Waals surface area (Å²) in [5.74, 6) is 2.13. The predicted molar refractivity (Wildman–Crippen MR) is 187 cm³/mol. The Labute approximate surface area is 290 Å². The highest BCUT2D eigenvalue weighted by Gasteiger charge is 2.13. The number of amides is 2. The van der Waals surface area contributed by atoms with E-state index in [-0.39, 0.29) is 51.5 Å². The molecule has 2 N–H and O–H groups in total. The van der Waals surface area contributed by atoms with Crippen LogP contribution in [-0.4, -0.2) is 77.9 Å². The molecule has 0 unspecified atom stereocenters. The minimum atomic E-state index is -0.357. The molecule has 12 nitrogen and oxygen atoms in total. The largest absolute Gasteiger partial charge is 0.489 e. The number of ether oxygens (including phenoxy) is 8. The van der Waals surface area contributed by atoms with Crippen molar-refractivity contribution in [3.05, 3.63) is 109 Å². The van der Waals surface area contributed by atoms with Crippen LogP contribution in [0, 0.1) is 0 Å². The molecule has 0 saturated carbocycles. The molecule has 0 aliphatic carbocycles. The van der Waals surface area contributed by atoms with Gasteiger partial charge in [-0.1, -0.05) is 48.5 Å². The van der Waals surface area contributed by atoms with Gasteiger partial charge in [-0.05, 0) is 60.7 Å². The maximum atomic E-state index is 12.8. The lowest BCUT2D eigenvalue weighted by atomic mass is 10.3. The van der Waals surface area contributed by atoms with Crippen LogP contribution in [0.15, 0.2) is 109 Å². The van der Waals surface area contributed by atoms with Crippen LogP contribution in [0.1, 0.15) is 0 Å². The number of nitrogens with one attached hydrogen (secondary N) is 2. The summed E-state index contributed by atoms with van der Waals surface area (Å²) in [5, 5.41) is 5.67. The summed E-state index contributed by atoms with van der Waals surface area (Å²) < 4.78 is 46.3. The number of anilines is 2. The average molecular weight is 685 g/mol. The molecule has 0 bridgehead atoms. The molecular weight excluding hydrogens is 644 g/mol. The van der Waals surface area contributed by atoms with E-state index in [0.29, 0.717) is 72.3 Å². The van der Waals surface area contributed by atoms with Crippen molar-refractivity contribution in [3.8, 4) is 34.5 Å². The van der Waals surface area contributed by atoms with Gasteiger partial charge in [0.05, 0.1) is 37.8 Å². The van der Waals surface area contributed by atoms with E-state index in [0.717, 1.165) is 0 Å². The molecule has 5 rings (SSSR count). The highest BCUT2D eigenvalue weighted by Crippen LogP contribution is 2.29. The summed E-state index contributed by atoms with van der Waals surface area (Å²) in [6.07, 6.45) is 3.60. The smallest absolute Gasteiger partial charge is 0.262 e. The number of benzene rings is 4. The van der Waals surface area contributed by atoms with Gasteiger partial charge in [0.25, 0.3) is 11.8 Å². The Balaban J connectivity index is 1.21. The van der Waals surface area contributed by atoms with E-state index in [2.05, 4.69) is 10.6 Å². The molecule has 50 heavy (non-hydrogen) atoms. The summed E-state index contributed by atoms with van der Waals surface area (Å²) in [7, 11) is 0. The van der Waals surface area contributed by atoms with E-state index in [9.17, 15) is 9.59 Å². The maximum Gasteiger partial charge on any atom is 0.262 e. The van der Waals surface area contributed by atoms with Crippen LogP contribution in [0.25, 0.3) is 0 Å². The number of para-hydroxylation sites is 8. The van der Waals surface area contributed by atoms with E-state index in [4.69, 9.17) is 37.9 Å². The van der Waals surface area contributed by atoms with Crippen molar-refractivity contribution in [1.29, 1.82) is 0 Å². The Morgan fingerprint density at radius 3 is 1.14 bits per heavy atom. The molecule has 0 spiro atoms. The fourth-order valence-electron chi connectivity index (χ4n) is 4.58. The van der Waals surface area contributed by atoms with E-state index < -0.39 is 0 Å². The van der Waals surface area contributed by atoms with Crippen molar-refractivity contribution in [2.75, 3.05) is 76.7 Å². The molecule has 12 heteroatoms. The first-order valence-corrected chi connectivity index (χ1v) is 16.2. The summed E-state index contributed by atoms with van der Waals surface area (Å²) in [6, 6.07) is 28.5. The second-order valence-corrected chi connectivity index (χ2v) is 10.6. The fourth-order valence-corrected chi connectivity index (χ4v) is 4.58. The highest BCUT2D eigenvalue weighted by atomic mass is 16.6. The zero-order valence-electron chi connectivity index (χ0n) is 27.5. The lowest BCUT2D eigenvalue weighted by molar-refractivity contribution is -0.118. The number of hydrogen-bond acceptors (Lipinski definition) is 10. The molecular formula is C38H40N2O10. The van der Waals surface area contributed by atoms with Crippen LogP contribution in [0.2, 0.25) is 0 Å². The Bertz CT molecular complexity index is 1570. The van der Waals surface area contributed by atoms with Crippen molar-refractivity contribution in [3.63, 3.8) is 0 Å². The Morgan fingerprint density at radius 1 is 0.380 bits per heavy atom. The first-order chi connectivity index (χ1) is 24.7. The lowest BCUT2D eigenvalue weighted by Gasteiger charge is -2.15. The monoisotopic (exact) mass is 684 g/mol. The van der Waals surface area contributed by atoms with E-state index in [1.54, 1.807) is 84.9 Å². The second kappa shape index (κ2) is 19.9. The van der Waals surface area contributed by atoms with Gasteiger partial charge >= 0.3 is 0 Å². The zero-order valence-corrected chi connectivity index (χ0v) is 27.5. The van der Waals surface area contributed by atoms with Gasteiger partial charge in [0, 0.05) is 0 Å². The Kier molecular flexibility index (Phi) is 14.2. The number of fused-ring (bicyclic) bond motifs is 4. The standard InChI is InChI=1S/C38H40N2O10/c41-37-27-49-35-17-7-5-15-33(35)45-19-9-10-20-46-34-16-6-8-18-36(34)50-28-38(42)40-30-12-2-4-14-32(30)48-26-24-44-22-21-43-23-25-47-31-13-3-1-11-29(31)39-37/h1-18H,19-28H2,(H,39,41)(H,40,42). The first kappa shape index (κ1) is 35.6. The Hall–Kier alpha value is -5.72. The SMILES string of the molecule is O=C1COc2ccccc2OCC=CCOc2ccccc2OCC(=O)Nc2ccccc2OCCOCCOCCOc2ccccc2N1. The number of hydrogen-bond donors (Lipinski definition) is 2. The maximum absolute atomic E-state index is 12.8. The summed E-state index contributed by atoms with van der Waals surface area (Å²) >= 11 is 0. The van der Waals surface area contributed by atoms with Crippen molar-refractivity contribution < 1.29 is 47.5 Å². The third-order valence-electron chi connectivity index (χ3n) is 6.92. The molecule has 0 fully saturated rings. The predicted octanol–water partition coefficient (Wildman–Crippen LogP) is 5.54. The topological polar surface area (TPSA) is 132 Å². The molecule has 1 aliphatic heterocycles. The molecule has 0 saturated heterocycles. The average Bonchev–Trinajstić information content (AvgIpc) is 3.13. The molecule has 1 aliphatic rings. The minimum Gasteiger partial charge on any atom is -0.489 e. The van der Waals surface area contributed by atoms with Crippen LogP contribution in [0.5, 0.6) is 34.5 Å². The van der Waals surface area contributed by atoms with Gasteiger partial charge in [-0.2, -0.15) is 0 Å². The highest BCUT2D eigenvalue weighted by molar-refractivity contribution is 5.94. The number of carbonyl (C=O) groups is 2. The van der Waals surface area contributed by atoms with Crippen molar-refractivity contribution >= 4 is 23.2 Å². The molecule has 0 aromatic heterocycles. The van der Waals surface area contributed by atoms with Crippen LogP contribution >= 0.6 is 0 Å². The lowest BCUT2D eigenvalue weighted by Crippen LogP contribution is -2.21. The number of carbonyl (C=O) groups excluding carboxylic acids is 2. The van der Waals surface area contributed by atoms with Gasteiger partial charge in [-0.25, -0.2) is 0 Å². The molecule has 4 aromatic carbocycles. The summed E-state index contributed by atoms with van der Waals surface area (Å²) in [5.41, 5.74) is 1.03. The van der Waals surface area contributed by atoms with Crippen molar-refractivity contribution in [2.24, 2.45) is 0 Å². The third-order valence-corrected chi connectivity index (χ3v) is 6.92. The van der Waals surface area contributed by atoms with Gasteiger partial charge in [-0.15, -0.1) is 0 Å². The first-order valence-electron chi connectivity index (χ1n) is 16.2. The summed E-state index contributed by atoms with van der Waals surface area (Å²) in [6.45, 7) is 1.93. The van der Waals surface area contributed by atoms with Crippen molar-refractivity contribution in [2.45, 2.75) is 0 Å². The molecule has 1 heterocycles. The van der Waals surface area contributed by atoms with E-state index in [1.165, 1.54) is 0 Å². The molecule has 0 radical (unpaired) electrons. The minimum absolute atomic E-state index is 0.234. The zero-order chi connectivity index (χ0) is 34.6. The van der Waals surface area contributed by atoms with Gasteiger partial charge in [0.2, 0.25) is 0 Å². The molecule has 2 amide bonds. The second-order valence-electron chi connectivity index (χ2n) is 10.6. The van der Waals surface area contributed by atoms with Crippen LogP contribution < -0.4 is 39.1 Å². The van der Waals surface area contributed by atoms with Gasteiger partial charge < -0.3 is 48.5 Å². The van der Waals surface area contributed by atoms with Crippen molar-refractivity contribution in [1.82, 2.24) is 0 Å². The van der Waals surface area contributed by atoms with E-state index in [1.807, 2.05) is 24.3 Å². The quantitative estimate of drug-likeness (QED) is 0.228. The van der Waals surface area contributed by atoms with Gasteiger partial charge in [-0.3, -0.25) is 9.59 Å². The fraction of sp³-hybridized carbons (Fsp3) is 0.263. The van der Waals surface area contributed by atoms with E-state index >= 15 is 0 Å². The van der Waals surface area contributed by atoms with Gasteiger partial charge in [0.15, 0.2) is 36.2 Å². The van der Waals surface area contributed by atoms with Crippen LogP contribution in [0.3, 0.4) is 0 Å². The molecule has 4 aromatic rings. The Morgan fingerprint density at radius 2 is 0.720 bits per heavy atom. The van der Waals surface area contributed by atoms with Crippen LogP contribution in [-0.2, 0) is 19.1 Å². The molecule has 0 atom stereocenters.